The second-order valence-electron chi connectivity index (χ2n) is 5.01. The highest BCUT2D eigenvalue weighted by Gasteiger charge is 2.14. The standard InChI is InChI=1S/C13H23N3/c1-11(14)6-4-5-9-16-10-15-12-7-2-3-8-13(12)16/h10-11H,2-9,14H2,1H3. The number of rotatable bonds is 5. The lowest BCUT2D eigenvalue weighted by atomic mass is 10.0. The topological polar surface area (TPSA) is 43.8 Å². The fourth-order valence-corrected chi connectivity index (χ4v) is 2.47. The summed E-state index contributed by atoms with van der Waals surface area (Å²) in [5.74, 6) is 0. The number of aromatic nitrogens is 2. The van der Waals surface area contributed by atoms with Gasteiger partial charge in [0.25, 0.3) is 0 Å². The van der Waals surface area contributed by atoms with Crippen molar-refractivity contribution in [3.05, 3.63) is 17.7 Å². The van der Waals surface area contributed by atoms with Crippen LogP contribution in [0.25, 0.3) is 0 Å². The summed E-state index contributed by atoms with van der Waals surface area (Å²) in [5.41, 5.74) is 8.58. The van der Waals surface area contributed by atoms with E-state index < -0.39 is 0 Å². The first-order chi connectivity index (χ1) is 7.77. The molecule has 3 heteroatoms. The Balaban J connectivity index is 1.83. The molecule has 1 aromatic heterocycles. The van der Waals surface area contributed by atoms with E-state index in [-0.39, 0.29) is 0 Å². The summed E-state index contributed by atoms with van der Waals surface area (Å²) in [5, 5.41) is 0. The first-order valence-corrected chi connectivity index (χ1v) is 6.56. The maximum Gasteiger partial charge on any atom is 0.0951 e. The monoisotopic (exact) mass is 221 g/mol. The van der Waals surface area contributed by atoms with Crippen LogP contribution in [0.4, 0.5) is 0 Å². The second-order valence-corrected chi connectivity index (χ2v) is 5.01. The van der Waals surface area contributed by atoms with Gasteiger partial charge >= 0.3 is 0 Å². The van der Waals surface area contributed by atoms with E-state index in [1.54, 1.807) is 0 Å². The Kier molecular flexibility index (Phi) is 3.99. The van der Waals surface area contributed by atoms with Crippen molar-refractivity contribution in [3.63, 3.8) is 0 Å². The van der Waals surface area contributed by atoms with Crippen molar-refractivity contribution in [1.29, 1.82) is 0 Å². The number of fused-ring (bicyclic) bond motifs is 1. The molecule has 1 aliphatic rings. The van der Waals surface area contributed by atoms with Gasteiger partial charge in [-0.2, -0.15) is 0 Å². The van der Waals surface area contributed by atoms with Gasteiger partial charge in [-0.05, 0) is 45.4 Å². The molecular formula is C13H23N3. The van der Waals surface area contributed by atoms with Gasteiger partial charge in [-0.3, -0.25) is 0 Å². The number of hydrogen-bond donors (Lipinski definition) is 1. The molecule has 0 aromatic carbocycles. The number of imidazole rings is 1. The van der Waals surface area contributed by atoms with Gasteiger partial charge in [0.15, 0.2) is 0 Å². The van der Waals surface area contributed by atoms with Crippen LogP contribution in [0.5, 0.6) is 0 Å². The molecule has 2 N–H and O–H groups in total. The van der Waals surface area contributed by atoms with E-state index in [0.29, 0.717) is 6.04 Å². The predicted molar refractivity (Wildman–Crippen MR) is 66.4 cm³/mol. The molecule has 0 saturated heterocycles. The molecule has 1 unspecified atom stereocenters. The summed E-state index contributed by atoms with van der Waals surface area (Å²) >= 11 is 0. The highest BCUT2D eigenvalue weighted by molar-refractivity contribution is 5.16. The molecule has 0 saturated carbocycles. The Morgan fingerprint density at radius 2 is 2.19 bits per heavy atom. The van der Waals surface area contributed by atoms with Crippen molar-refractivity contribution in [3.8, 4) is 0 Å². The third-order valence-electron chi connectivity index (χ3n) is 3.42. The average molecular weight is 221 g/mol. The SMILES string of the molecule is CC(N)CCCCn1cnc2c1CCCC2. The fourth-order valence-electron chi connectivity index (χ4n) is 2.47. The molecule has 0 bridgehead atoms. The Hall–Kier alpha value is -0.830. The summed E-state index contributed by atoms with van der Waals surface area (Å²) in [6.07, 6.45) is 10.7. The van der Waals surface area contributed by atoms with E-state index in [0.717, 1.165) is 13.0 Å². The van der Waals surface area contributed by atoms with Gasteiger partial charge in [-0.15, -0.1) is 0 Å². The van der Waals surface area contributed by atoms with E-state index in [2.05, 4.69) is 16.5 Å². The van der Waals surface area contributed by atoms with E-state index in [1.807, 2.05) is 6.33 Å². The molecule has 1 atom stereocenters. The van der Waals surface area contributed by atoms with Gasteiger partial charge in [0.05, 0.1) is 12.0 Å². The average Bonchev–Trinajstić information content (AvgIpc) is 2.68. The maximum absolute atomic E-state index is 5.74. The Morgan fingerprint density at radius 1 is 1.38 bits per heavy atom. The Morgan fingerprint density at radius 3 is 3.00 bits per heavy atom. The predicted octanol–water partition coefficient (Wildman–Crippen LogP) is 2.28. The number of nitrogens with two attached hydrogens (primary N) is 1. The highest BCUT2D eigenvalue weighted by atomic mass is 15.1. The molecule has 0 amide bonds. The molecule has 90 valence electrons. The molecular weight excluding hydrogens is 198 g/mol. The zero-order chi connectivity index (χ0) is 11.4. The lowest BCUT2D eigenvalue weighted by molar-refractivity contribution is 0.531. The quantitative estimate of drug-likeness (QED) is 0.775. The van der Waals surface area contributed by atoms with Crippen LogP contribution >= 0.6 is 0 Å². The molecule has 0 aliphatic heterocycles. The van der Waals surface area contributed by atoms with Crippen LogP contribution in [0.2, 0.25) is 0 Å². The third kappa shape index (κ3) is 2.85. The number of unbranched alkanes of at least 4 members (excludes halogenated alkanes) is 1. The molecule has 2 rings (SSSR count). The van der Waals surface area contributed by atoms with Gasteiger partial charge in [-0.1, -0.05) is 6.42 Å². The largest absolute Gasteiger partial charge is 0.334 e. The minimum Gasteiger partial charge on any atom is -0.334 e. The number of aryl methyl sites for hydroxylation is 2. The van der Waals surface area contributed by atoms with E-state index >= 15 is 0 Å². The van der Waals surface area contributed by atoms with Crippen molar-refractivity contribution in [2.24, 2.45) is 5.73 Å². The van der Waals surface area contributed by atoms with Crippen molar-refractivity contribution in [2.45, 2.75) is 64.5 Å². The lowest BCUT2D eigenvalue weighted by Crippen LogP contribution is -2.14. The van der Waals surface area contributed by atoms with Crippen molar-refractivity contribution >= 4 is 0 Å². The normalized spacial score (nSPS) is 17.1. The minimum atomic E-state index is 0.344. The van der Waals surface area contributed by atoms with Gasteiger partial charge < -0.3 is 10.3 Å². The molecule has 0 radical (unpaired) electrons. The van der Waals surface area contributed by atoms with Crippen molar-refractivity contribution < 1.29 is 0 Å². The van der Waals surface area contributed by atoms with Gasteiger partial charge in [0, 0.05) is 18.3 Å². The minimum absolute atomic E-state index is 0.344. The summed E-state index contributed by atoms with van der Waals surface area (Å²) in [6.45, 7) is 3.20. The zero-order valence-corrected chi connectivity index (χ0v) is 10.3. The third-order valence-corrected chi connectivity index (χ3v) is 3.42. The highest BCUT2D eigenvalue weighted by Crippen LogP contribution is 2.20. The zero-order valence-electron chi connectivity index (χ0n) is 10.3. The molecule has 16 heavy (non-hydrogen) atoms. The van der Waals surface area contributed by atoms with Gasteiger partial charge in [0.2, 0.25) is 0 Å². The Labute approximate surface area is 98.1 Å². The molecule has 0 fully saturated rings. The molecule has 1 heterocycles. The van der Waals surface area contributed by atoms with Crippen LogP contribution in [0, 0.1) is 0 Å². The van der Waals surface area contributed by atoms with Crippen LogP contribution < -0.4 is 5.73 Å². The first-order valence-electron chi connectivity index (χ1n) is 6.56. The summed E-state index contributed by atoms with van der Waals surface area (Å²) in [6, 6.07) is 0.344. The summed E-state index contributed by atoms with van der Waals surface area (Å²) in [4.78, 5) is 4.51. The summed E-state index contributed by atoms with van der Waals surface area (Å²) in [7, 11) is 0. The molecule has 1 aliphatic carbocycles. The van der Waals surface area contributed by atoms with Crippen LogP contribution in [0.1, 0.15) is 50.4 Å². The maximum atomic E-state index is 5.74. The van der Waals surface area contributed by atoms with Crippen molar-refractivity contribution in [1.82, 2.24) is 9.55 Å². The smallest absolute Gasteiger partial charge is 0.0951 e. The Bertz CT molecular complexity index is 328. The van der Waals surface area contributed by atoms with Crippen LogP contribution in [-0.2, 0) is 19.4 Å². The molecule has 0 spiro atoms. The molecule has 1 aromatic rings. The number of nitrogens with zero attached hydrogens (tertiary/aromatic N) is 2. The summed E-state index contributed by atoms with van der Waals surface area (Å²) < 4.78 is 2.36. The fraction of sp³-hybridized carbons (Fsp3) is 0.769. The lowest BCUT2D eigenvalue weighted by Gasteiger charge is -2.14. The first kappa shape index (κ1) is 11.6. The van der Waals surface area contributed by atoms with Crippen molar-refractivity contribution in [2.75, 3.05) is 0 Å². The number of hydrogen-bond acceptors (Lipinski definition) is 2. The second kappa shape index (κ2) is 5.48. The molecule has 3 nitrogen and oxygen atoms in total. The van der Waals surface area contributed by atoms with Crippen LogP contribution in [0.15, 0.2) is 6.33 Å². The van der Waals surface area contributed by atoms with Gasteiger partial charge in [-0.25, -0.2) is 4.98 Å². The van der Waals surface area contributed by atoms with Gasteiger partial charge in [0.1, 0.15) is 0 Å². The van der Waals surface area contributed by atoms with E-state index in [1.165, 1.54) is 49.9 Å². The van der Waals surface area contributed by atoms with E-state index in [4.69, 9.17) is 5.73 Å². The van der Waals surface area contributed by atoms with Crippen LogP contribution in [0.3, 0.4) is 0 Å². The van der Waals surface area contributed by atoms with E-state index in [9.17, 15) is 0 Å². The van der Waals surface area contributed by atoms with Crippen LogP contribution in [-0.4, -0.2) is 15.6 Å².